The third-order valence-corrected chi connectivity index (χ3v) is 3.49. The number of hydrogen-bond acceptors (Lipinski definition) is 3. The molecule has 2 amide bonds. The average molecular weight is 271 g/mol. The lowest BCUT2D eigenvalue weighted by atomic mass is 10.0. The predicted octanol–water partition coefficient (Wildman–Crippen LogP) is 1.44. The number of carbonyl (C=O) groups excluding carboxylic acids is 1. The van der Waals surface area contributed by atoms with Crippen molar-refractivity contribution in [2.75, 3.05) is 33.8 Å². The van der Waals surface area contributed by atoms with E-state index < -0.39 is 0 Å². The lowest BCUT2D eigenvalue weighted by Gasteiger charge is -2.26. The van der Waals surface area contributed by atoms with Crippen molar-refractivity contribution in [3.63, 3.8) is 0 Å². The molecule has 5 nitrogen and oxygen atoms in total. The number of urea groups is 1. The normalized spacial score (nSPS) is 20.8. The quantitative estimate of drug-likeness (QED) is 0.737. The van der Waals surface area contributed by atoms with Gasteiger partial charge in [-0.2, -0.15) is 0 Å². The molecule has 112 valence electrons. The van der Waals surface area contributed by atoms with Crippen molar-refractivity contribution in [3.8, 4) is 0 Å². The molecule has 1 fully saturated rings. The molecule has 0 radical (unpaired) electrons. The van der Waals surface area contributed by atoms with Crippen molar-refractivity contribution in [1.82, 2.24) is 15.5 Å². The smallest absolute Gasteiger partial charge is 0.314 e. The van der Waals surface area contributed by atoms with Crippen LogP contribution in [0.25, 0.3) is 0 Å². The maximum atomic E-state index is 11.7. The van der Waals surface area contributed by atoms with Crippen LogP contribution < -0.4 is 10.6 Å². The fraction of sp³-hybridized carbons (Fsp3) is 0.929. The SMILES string of the molecule is CC(C)CC(CNC(=O)NCC1CCCO1)N(C)C. The van der Waals surface area contributed by atoms with Crippen LogP contribution in [0, 0.1) is 5.92 Å². The number of ether oxygens (including phenoxy) is 1. The molecule has 1 rings (SSSR count). The summed E-state index contributed by atoms with van der Waals surface area (Å²) in [6, 6.07) is 0.291. The summed E-state index contributed by atoms with van der Waals surface area (Å²) in [5.41, 5.74) is 0. The van der Waals surface area contributed by atoms with Gasteiger partial charge in [-0.25, -0.2) is 4.79 Å². The van der Waals surface area contributed by atoms with E-state index in [9.17, 15) is 4.79 Å². The lowest BCUT2D eigenvalue weighted by molar-refractivity contribution is 0.111. The number of nitrogens with zero attached hydrogens (tertiary/aromatic N) is 1. The van der Waals surface area contributed by atoms with Gasteiger partial charge in [0.1, 0.15) is 0 Å². The topological polar surface area (TPSA) is 53.6 Å². The van der Waals surface area contributed by atoms with Crippen molar-refractivity contribution in [3.05, 3.63) is 0 Å². The Morgan fingerprint density at radius 2 is 2.11 bits per heavy atom. The fourth-order valence-electron chi connectivity index (χ4n) is 2.31. The van der Waals surface area contributed by atoms with Gasteiger partial charge in [0.2, 0.25) is 0 Å². The lowest BCUT2D eigenvalue weighted by Crippen LogP contribution is -2.46. The first-order valence-electron chi connectivity index (χ1n) is 7.28. The Balaban J connectivity index is 2.19. The molecule has 1 saturated heterocycles. The highest BCUT2D eigenvalue weighted by atomic mass is 16.5. The first kappa shape index (κ1) is 16.2. The molecule has 0 saturated carbocycles. The number of amides is 2. The zero-order valence-electron chi connectivity index (χ0n) is 12.7. The van der Waals surface area contributed by atoms with Crippen LogP contribution in [0.5, 0.6) is 0 Å². The van der Waals surface area contributed by atoms with Gasteiger partial charge in [-0.1, -0.05) is 13.8 Å². The number of hydrogen-bond donors (Lipinski definition) is 2. The van der Waals surface area contributed by atoms with Crippen LogP contribution in [0.1, 0.15) is 33.1 Å². The van der Waals surface area contributed by atoms with Gasteiger partial charge < -0.3 is 20.3 Å². The number of likely N-dealkylation sites (N-methyl/N-ethyl adjacent to an activating group) is 1. The van der Waals surface area contributed by atoms with Gasteiger partial charge >= 0.3 is 6.03 Å². The molecule has 2 atom stereocenters. The standard InChI is InChI=1S/C14H29N3O2/c1-11(2)8-12(17(3)4)9-15-14(18)16-10-13-6-5-7-19-13/h11-13H,5-10H2,1-4H3,(H2,15,16,18). The summed E-state index contributed by atoms with van der Waals surface area (Å²) in [4.78, 5) is 13.9. The molecule has 19 heavy (non-hydrogen) atoms. The maximum Gasteiger partial charge on any atom is 0.314 e. The van der Waals surface area contributed by atoms with Gasteiger partial charge in [-0.05, 0) is 39.3 Å². The first-order valence-corrected chi connectivity index (χ1v) is 7.28. The molecule has 1 aliphatic heterocycles. The third kappa shape index (κ3) is 6.78. The molecule has 2 N–H and O–H groups in total. The Hall–Kier alpha value is -0.810. The van der Waals surface area contributed by atoms with Gasteiger partial charge in [-0.15, -0.1) is 0 Å². The highest BCUT2D eigenvalue weighted by Crippen LogP contribution is 2.10. The second-order valence-electron chi connectivity index (χ2n) is 5.97. The van der Waals surface area contributed by atoms with Crippen LogP contribution in [0.2, 0.25) is 0 Å². The average Bonchev–Trinajstić information content (AvgIpc) is 2.84. The Morgan fingerprint density at radius 3 is 2.63 bits per heavy atom. The molecule has 2 unspecified atom stereocenters. The van der Waals surface area contributed by atoms with E-state index in [4.69, 9.17) is 4.74 Å². The zero-order valence-corrected chi connectivity index (χ0v) is 12.7. The Labute approximate surface area is 117 Å². The van der Waals surface area contributed by atoms with Crippen molar-refractivity contribution in [2.45, 2.75) is 45.3 Å². The number of rotatable bonds is 7. The minimum Gasteiger partial charge on any atom is -0.376 e. The van der Waals surface area contributed by atoms with E-state index in [2.05, 4.69) is 43.5 Å². The highest BCUT2D eigenvalue weighted by molar-refractivity contribution is 5.73. The van der Waals surface area contributed by atoms with Crippen molar-refractivity contribution in [2.24, 2.45) is 5.92 Å². The van der Waals surface area contributed by atoms with Crippen LogP contribution in [0.15, 0.2) is 0 Å². The van der Waals surface area contributed by atoms with Gasteiger partial charge in [0.25, 0.3) is 0 Å². The first-order chi connectivity index (χ1) is 8.99. The summed E-state index contributed by atoms with van der Waals surface area (Å²) < 4.78 is 5.47. The van der Waals surface area contributed by atoms with Gasteiger partial charge in [0.05, 0.1) is 6.10 Å². The molecule has 0 spiro atoms. The maximum absolute atomic E-state index is 11.7. The molecule has 0 aromatic carbocycles. The molecular weight excluding hydrogens is 242 g/mol. The molecule has 0 aromatic rings. The van der Waals surface area contributed by atoms with Crippen molar-refractivity contribution >= 4 is 6.03 Å². The van der Waals surface area contributed by atoms with Crippen LogP contribution in [0.3, 0.4) is 0 Å². The molecule has 5 heteroatoms. The Kier molecular flexibility index (Phi) is 7.16. The second kappa shape index (κ2) is 8.38. The van der Waals surface area contributed by atoms with E-state index in [0.29, 0.717) is 25.0 Å². The van der Waals surface area contributed by atoms with Crippen LogP contribution >= 0.6 is 0 Å². The van der Waals surface area contributed by atoms with E-state index in [1.807, 2.05) is 0 Å². The van der Waals surface area contributed by atoms with Crippen LogP contribution in [0.4, 0.5) is 4.79 Å². The molecule has 0 bridgehead atoms. The van der Waals surface area contributed by atoms with E-state index in [0.717, 1.165) is 25.9 Å². The molecule has 0 aliphatic carbocycles. The van der Waals surface area contributed by atoms with Gasteiger partial charge in [0.15, 0.2) is 0 Å². The fourth-order valence-corrected chi connectivity index (χ4v) is 2.31. The molecule has 1 aliphatic rings. The summed E-state index contributed by atoms with van der Waals surface area (Å²) in [6.07, 6.45) is 3.43. The predicted molar refractivity (Wildman–Crippen MR) is 77.3 cm³/mol. The summed E-state index contributed by atoms with van der Waals surface area (Å²) >= 11 is 0. The summed E-state index contributed by atoms with van der Waals surface area (Å²) in [5, 5.41) is 5.82. The van der Waals surface area contributed by atoms with Gasteiger partial charge in [0, 0.05) is 25.7 Å². The van der Waals surface area contributed by atoms with Crippen LogP contribution in [-0.4, -0.2) is 56.9 Å². The largest absolute Gasteiger partial charge is 0.376 e. The van der Waals surface area contributed by atoms with E-state index in [-0.39, 0.29) is 12.1 Å². The summed E-state index contributed by atoms with van der Waals surface area (Å²) in [6.45, 7) is 6.53. The summed E-state index contributed by atoms with van der Waals surface area (Å²) in [7, 11) is 4.11. The Morgan fingerprint density at radius 1 is 1.37 bits per heavy atom. The number of carbonyl (C=O) groups is 1. The Bertz CT molecular complexity index is 263. The molecule has 1 heterocycles. The van der Waals surface area contributed by atoms with E-state index in [1.54, 1.807) is 0 Å². The third-order valence-electron chi connectivity index (χ3n) is 3.49. The second-order valence-corrected chi connectivity index (χ2v) is 5.97. The van der Waals surface area contributed by atoms with E-state index in [1.165, 1.54) is 0 Å². The van der Waals surface area contributed by atoms with Crippen molar-refractivity contribution < 1.29 is 9.53 Å². The minimum atomic E-state index is -0.0916. The highest BCUT2D eigenvalue weighted by Gasteiger charge is 2.17. The molecule has 0 aromatic heterocycles. The van der Waals surface area contributed by atoms with Crippen LogP contribution in [-0.2, 0) is 4.74 Å². The summed E-state index contributed by atoms with van der Waals surface area (Å²) in [5.74, 6) is 0.629. The zero-order chi connectivity index (χ0) is 14.3. The monoisotopic (exact) mass is 271 g/mol. The number of nitrogens with one attached hydrogen (secondary N) is 2. The molecular formula is C14H29N3O2. The van der Waals surface area contributed by atoms with Gasteiger partial charge in [-0.3, -0.25) is 0 Å². The van der Waals surface area contributed by atoms with Crippen molar-refractivity contribution in [1.29, 1.82) is 0 Å². The van der Waals surface area contributed by atoms with E-state index >= 15 is 0 Å². The minimum absolute atomic E-state index is 0.0916.